The number of phenolic OH excluding ortho intramolecular Hbond substituents is 6. The lowest BCUT2D eigenvalue weighted by molar-refractivity contribution is -0.0189. The van der Waals surface area contributed by atoms with Gasteiger partial charge < -0.3 is 45.2 Å². The molecule has 0 radical (unpaired) electrons. The van der Waals surface area contributed by atoms with E-state index in [0.29, 0.717) is 5.56 Å². The van der Waals surface area contributed by atoms with Crippen molar-refractivity contribution in [3.05, 3.63) is 59.2 Å². The molecule has 0 aliphatic carbocycles. The second kappa shape index (κ2) is 7.65. The highest BCUT2D eigenvalue weighted by Crippen LogP contribution is 2.44. The summed E-state index contributed by atoms with van der Waals surface area (Å²) in [7, 11) is 0. The van der Waals surface area contributed by atoms with Gasteiger partial charge in [-0.2, -0.15) is 0 Å². The number of aromatic hydroxyl groups is 6. The van der Waals surface area contributed by atoms with Gasteiger partial charge in [0.1, 0.15) is 23.4 Å². The van der Waals surface area contributed by atoms with Crippen molar-refractivity contribution in [1.29, 1.82) is 0 Å². The van der Waals surface area contributed by atoms with Gasteiger partial charge in [-0.25, -0.2) is 4.79 Å². The van der Waals surface area contributed by atoms with Crippen molar-refractivity contribution in [3.8, 4) is 46.0 Å². The first kappa shape index (κ1) is 20.8. The molecule has 2 unspecified atom stereocenters. The van der Waals surface area contributed by atoms with Crippen LogP contribution in [-0.4, -0.2) is 47.8 Å². The molecule has 10 heteroatoms. The van der Waals surface area contributed by atoms with E-state index in [1.807, 2.05) is 0 Å². The summed E-state index contributed by atoms with van der Waals surface area (Å²) in [6.45, 7) is 0. The molecular weight excluding hydrogens is 424 g/mol. The lowest BCUT2D eigenvalue weighted by atomic mass is 9.93. The molecule has 0 amide bonds. The number of carbonyl (C=O) groups excluding carboxylic acids is 1. The van der Waals surface area contributed by atoms with Crippen LogP contribution in [0.5, 0.6) is 46.0 Å². The van der Waals surface area contributed by atoms with E-state index in [-0.39, 0.29) is 40.5 Å². The molecule has 1 aliphatic rings. The Kier molecular flexibility index (Phi) is 4.97. The van der Waals surface area contributed by atoms with Gasteiger partial charge in [-0.05, 0) is 18.2 Å². The largest absolute Gasteiger partial charge is 0.591 e. The molecule has 0 fully saturated rings. The molecule has 0 saturated carbocycles. The minimum atomic E-state index is -1.04. The molecule has 0 aromatic heterocycles. The summed E-state index contributed by atoms with van der Waals surface area (Å²) < 4.78 is 11.4. The van der Waals surface area contributed by atoms with Crippen LogP contribution in [0.2, 0.25) is 0 Å². The topological polar surface area (TPSA) is 180 Å². The number of ether oxygens (including phenoxy) is 2. The Bertz CT molecular complexity index is 1200. The number of hydrogen-bond acceptors (Lipinski definition) is 9. The maximum atomic E-state index is 12.7. The fourth-order valence-electron chi connectivity index (χ4n) is 3.49. The Morgan fingerprint density at radius 1 is 0.906 bits per heavy atom. The third-order valence-electron chi connectivity index (χ3n) is 5.08. The van der Waals surface area contributed by atoms with Crippen molar-refractivity contribution in [2.75, 3.05) is 0 Å². The molecule has 1 heterocycles. The first-order valence-electron chi connectivity index (χ1n) is 9.36. The third-order valence-corrected chi connectivity index (χ3v) is 5.08. The molecule has 3 aromatic rings. The zero-order valence-corrected chi connectivity index (χ0v) is 16.3. The summed E-state index contributed by atoms with van der Waals surface area (Å²) in [5, 5.41) is 66.3. The van der Waals surface area contributed by atoms with Crippen molar-refractivity contribution in [3.63, 3.8) is 0 Å². The van der Waals surface area contributed by atoms with Crippen LogP contribution >= 0.6 is 0 Å². The number of fused-ring (bicyclic) bond motifs is 1. The lowest BCUT2D eigenvalue weighted by Gasteiger charge is -2.34. The van der Waals surface area contributed by atoms with Crippen molar-refractivity contribution in [2.24, 2.45) is 0 Å². The van der Waals surface area contributed by atoms with E-state index < -0.39 is 41.2 Å². The number of phenols is 6. The average molecular weight is 443 g/mol. The highest BCUT2D eigenvalue weighted by Gasteiger charge is 2.37. The van der Waals surface area contributed by atoms with E-state index in [4.69, 9.17) is 14.6 Å². The van der Waals surface area contributed by atoms with E-state index in [1.54, 1.807) is 0 Å². The van der Waals surface area contributed by atoms with Crippen LogP contribution in [-0.2, 0) is 11.2 Å². The Labute approximate surface area is 180 Å². The zero-order chi connectivity index (χ0) is 23.2. The summed E-state index contributed by atoms with van der Waals surface area (Å²) in [6, 6.07) is 8.26. The second-order valence-electron chi connectivity index (χ2n) is 7.27. The summed E-state index contributed by atoms with van der Waals surface area (Å²) in [6.07, 6.45) is -2.07. The fraction of sp³-hybridized carbons (Fsp3) is 0.136. The van der Waals surface area contributed by atoms with Gasteiger partial charge in [-0.1, -0.05) is 6.07 Å². The molecule has 10 nitrogen and oxygen atoms in total. The molecule has 8 N–H and O–H groups in total. The Hall–Kier alpha value is -4.47. The van der Waals surface area contributed by atoms with Gasteiger partial charge in [-0.15, -0.1) is 0 Å². The predicted octanol–water partition coefficient (Wildman–Crippen LogP) is 2.26. The standard InChI is InChI=1S/C22H18O10/c23-11-6-14(25)12-8-19(32-22(30)10-4-16(27)20(29)17(28)5-10)21(31-18(12)7-11)9-1-2-13(24)15(26)3-9/h1-7,19,21,23-29H,8H2/p+1. The van der Waals surface area contributed by atoms with E-state index in [9.17, 15) is 35.4 Å². The summed E-state index contributed by atoms with van der Waals surface area (Å²) in [4.78, 5) is 12.7. The molecule has 0 bridgehead atoms. The molecule has 4 rings (SSSR count). The van der Waals surface area contributed by atoms with Gasteiger partial charge in [0.15, 0.2) is 23.4 Å². The lowest BCUT2D eigenvalue weighted by Crippen LogP contribution is -2.34. The molecular formula is C22H19O10+. The number of hydrogen-bond donors (Lipinski definition) is 6. The van der Waals surface area contributed by atoms with Crippen molar-refractivity contribution in [2.45, 2.75) is 18.6 Å². The van der Waals surface area contributed by atoms with Crippen LogP contribution in [0.1, 0.15) is 27.6 Å². The SMILES string of the molecule is O=C(OC1Cc2c(O)cc(O)cc2OC1c1ccc(O)c(O)c1)c1cc(O)c(O)c([OH2+])c1. The van der Waals surface area contributed by atoms with Gasteiger partial charge in [0.05, 0.1) is 11.6 Å². The second-order valence-corrected chi connectivity index (χ2v) is 7.27. The normalized spacial score (nSPS) is 17.2. The third kappa shape index (κ3) is 3.69. The number of benzene rings is 3. The molecule has 3 aromatic carbocycles. The number of rotatable bonds is 3. The molecule has 0 saturated heterocycles. The van der Waals surface area contributed by atoms with Crippen molar-refractivity contribution in [1.82, 2.24) is 0 Å². The fourth-order valence-corrected chi connectivity index (χ4v) is 3.49. The maximum Gasteiger partial charge on any atom is 0.339 e. The average Bonchev–Trinajstić information content (AvgIpc) is 2.73. The molecule has 0 spiro atoms. The van der Waals surface area contributed by atoms with E-state index in [2.05, 4.69) is 0 Å². The first-order chi connectivity index (χ1) is 15.1. The van der Waals surface area contributed by atoms with Gasteiger partial charge in [0.25, 0.3) is 5.75 Å². The van der Waals surface area contributed by atoms with E-state index in [1.165, 1.54) is 24.3 Å². The highest BCUT2D eigenvalue weighted by molar-refractivity contribution is 5.91. The Morgan fingerprint density at radius 2 is 1.66 bits per heavy atom. The van der Waals surface area contributed by atoms with Crippen molar-refractivity contribution >= 4 is 5.97 Å². The monoisotopic (exact) mass is 443 g/mol. The predicted molar refractivity (Wildman–Crippen MR) is 109 cm³/mol. The molecule has 1 aliphatic heterocycles. The summed E-state index contributed by atoms with van der Waals surface area (Å²) >= 11 is 0. The highest BCUT2D eigenvalue weighted by atomic mass is 16.6. The minimum Gasteiger partial charge on any atom is -0.591 e. The van der Waals surface area contributed by atoms with E-state index in [0.717, 1.165) is 18.2 Å². The van der Waals surface area contributed by atoms with Gasteiger partial charge in [0.2, 0.25) is 0 Å². The van der Waals surface area contributed by atoms with Gasteiger partial charge in [0, 0.05) is 29.7 Å². The quantitative estimate of drug-likeness (QED) is 0.201. The summed E-state index contributed by atoms with van der Waals surface area (Å²) in [5.41, 5.74) is 0.411. The first-order valence-corrected chi connectivity index (χ1v) is 9.36. The van der Waals surface area contributed by atoms with Crippen LogP contribution in [0.4, 0.5) is 0 Å². The number of esters is 1. The summed E-state index contributed by atoms with van der Waals surface area (Å²) in [5.74, 6) is -3.92. The van der Waals surface area contributed by atoms with Crippen LogP contribution in [0.25, 0.3) is 0 Å². The van der Waals surface area contributed by atoms with E-state index >= 15 is 0 Å². The smallest absolute Gasteiger partial charge is 0.339 e. The molecule has 2 atom stereocenters. The van der Waals surface area contributed by atoms with Crippen LogP contribution < -0.4 is 4.74 Å². The van der Waals surface area contributed by atoms with Crippen molar-refractivity contribution < 1.29 is 50.0 Å². The Balaban J connectivity index is 1.72. The van der Waals surface area contributed by atoms with Crippen LogP contribution in [0.15, 0.2) is 42.5 Å². The molecule has 166 valence electrons. The maximum absolute atomic E-state index is 12.7. The Morgan fingerprint density at radius 3 is 2.34 bits per heavy atom. The zero-order valence-electron chi connectivity index (χ0n) is 16.3. The molecule has 32 heavy (non-hydrogen) atoms. The van der Waals surface area contributed by atoms with Crippen LogP contribution in [0, 0.1) is 0 Å². The van der Waals surface area contributed by atoms with Gasteiger partial charge in [-0.3, -0.25) is 0 Å². The minimum absolute atomic E-state index is 0.0305. The van der Waals surface area contributed by atoms with Gasteiger partial charge >= 0.3 is 11.7 Å². The number of carbonyl (C=O) groups is 1. The van der Waals surface area contributed by atoms with Crippen LogP contribution in [0.3, 0.4) is 0 Å².